The Morgan fingerprint density at radius 1 is 0.680 bits per heavy atom. The molecule has 0 spiro atoms. The van der Waals surface area contributed by atoms with Crippen LogP contribution in [0.2, 0.25) is 0 Å². The lowest BCUT2D eigenvalue weighted by Gasteiger charge is -2.61. The molecule has 5 unspecified atom stereocenters. The molecule has 272 valence electrons. The van der Waals surface area contributed by atoms with Gasteiger partial charge in [-0.2, -0.15) is 0 Å². The van der Waals surface area contributed by atoms with Crippen LogP contribution in [0.25, 0.3) is 0 Å². The van der Waals surface area contributed by atoms with E-state index in [9.17, 15) is 0 Å². The molecule has 4 aliphatic rings. The maximum absolute atomic E-state index is 2.81. The van der Waals surface area contributed by atoms with Gasteiger partial charge in [-0.15, -0.1) is 0 Å². The molecule has 0 aliphatic heterocycles. The molecule has 9 atom stereocenters. The van der Waals surface area contributed by atoms with Crippen molar-refractivity contribution in [1.29, 1.82) is 0 Å². The topological polar surface area (TPSA) is 0 Å². The van der Waals surface area contributed by atoms with Crippen LogP contribution in [0.5, 0.6) is 0 Å². The van der Waals surface area contributed by atoms with E-state index in [-0.39, 0.29) is 17.0 Å². The van der Waals surface area contributed by atoms with E-state index in [0.29, 0.717) is 16.5 Å². The second-order valence-corrected chi connectivity index (χ2v) is 22.2. The van der Waals surface area contributed by atoms with E-state index in [2.05, 4.69) is 126 Å². The Bertz CT molecular complexity index is 1480. The second kappa shape index (κ2) is 15.9. The van der Waals surface area contributed by atoms with E-state index in [4.69, 9.17) is 0 Å². The first-order valence-corrected chi connectivity index (χ1v) is 22.7. The maximum Gasteiger partial charge on any atom is 0.115 e. The molecule has 0 saturated heterocycles. The minimum absolute atomic E-state index is 0. The summed E-state index contributed by atoms with van der Waals surface area (Å²) in [6.45, 7) is 15.4. The van der Waals surface area contributed by atoms with Gasteiger partial charge in [0.1, 0.15) is 23.2 Å². The molecule has 4 saturated carbocycles. The quantitative estimate of drug-likeness (QED) is 0.171. The normalized spacial score (nSPS) is 32.8. The molecule has 4 fully saturated rings. The van der Waals surface area contributed by atoms with Gasteiger partial charge in [-0.25, -0.2) is 0 Å². The summed E-state index contributed by atoms with van der Waals surface area (Å²) >= 11 is 0. The Labute approximate surface area is 318 Å². The lowest BCUT2D eigenvalue weighted by Crippen LogP contribution is -3.00. The van der Waals surface area contributed by atoms with Gasteiger partial charge in [-0.1, -0.05) is 116 Å². The molecule has 0 bridgehead atoms. The van der Waals surface area contributed by atoms with E-state index in [1.165, 1.54) is 95.5 Å². The first-order valence-electron chi connectivity index (χ1n) is 20.8. The van der Waals surface area contributed by atoms with Crippen LogP contribution in [0.15, 0.2) is 84.9 Å². The summed E-state index contributed by atoms with van der Waals surface area (Å²) in [5.41, 5.74) is 3.32. The molecule has 4 aliphatic carbocycles. The standard InChI is InChI=1S/C48H68P.BrH/c1-7-16-37-19-15-24-41(33-37)49(39-20-10-8-11-21-39,40-22-12-9-13-23-40)42-29-31-47(5)38(34-42)25-26-43-45-28-27-44(36(4)18-14-17-35(2)3)48(45,6)32-30-46(43)47;/h8-13,15,19-24,33,35-36,38,42-46H,7,14,16-18,25-32,34H2,1-6H3;1H/q+1;/p-1/t36-,38?,42?,43?,44-,45?,46?,47+,48-;/m1./s1. The van der Waals surface area contributed by atoms with Crippen molar-refractivity contribution >= 4 is 23.2 Å². The number of benzene rings is 3. The zero-order valence-corrected chi connectivity index (χ0v) is 34.9. The van der Waals surface area contributed by atoms with Gasteiger partial charge in [0.2, 0.25) is 0 Å². The van der Waals surface area contributed by atoms with Crippen molar-refractivity contribution in [3.8, 4) is 0 Å². The molecule has 0 aromatic heterocycles. The average Bonchev–Trinajstić information content (AvgIpc) is 3.47. The highest BCUT2D eigenvalue weighted by atomic mass is 79.9. The summed E-state index contributed by atoms with van der Waals surface area (Å²) in [6, 6.07) is 33.7. The van der Waals surface area contributed by atoms with Crippen molar-refractivity contribution in [1.82, 2.24) is 0 Å². The lowest BCUT2D eigenvalue weighted by atomic mass is 9.44. The average molecular weight is 756 g/mol. The molecule has 3 aromatic rings. The third-order valence-electron chi connectivity index (χ3n) is 15.6. The molecule has 2 heteroatoms. The van der Waals surface area contributed by atoms with Gasteiger partial charge in [-0.3, -0.25) is 0 Å². The van der Waals surface area contributed by atoms with Gasteiger partial charge in [0.15, 0.2) is 0 Å². The number of hydrogen-bond acceptors (Lipinski definition) is 0. The molecule has 7 rings (SSSR count). The maximum atomic E-state index is 2.81. The van der Waals surface area contributed by atoms with Gasteiger partial charge >= 0.3 is 0 Å². The molecule has 0 nitrogen and oxygen atoms in total. The van der Waals surface area contributed by atoms with E-state index in [1.54, 1.807) is 15.9 Å². The van der Waals surface area contributed by atoms with Crippen LogP contribution in [0.4, 0.5) is 0 Å². The van der Waals surface area contributed by atoms with Gasteiger partial charge in [0.25, 0.3) is 0 Å². The van der Waals surface area contributed by atoms with Crippen molar-refractivity contribution in [2.45, 2.75) is 137 Å². The summed E-state index contributed by atoms with van der Waals surface area (Å²) in [5.74, 6) is 6.44. The largest absolute Gasteiger partial charge is 1.00 e. The number of hydrogen-bond donors (Lipinski definition) is 0. The fraction of sp³-hybridized carbons (Fsp3) is 0.625. The summed E-state index contributed by atoms with van der Waals surface area (Å²) in [5, 5.41) is 4.83. The zero-order valence-electron chi connectivity index (χ0n) is 32.4. The Kier molecular flexibility index (Phi) is 12.2. The highest BCUT2D eigenvalue weighted by Gasteiger charge is 2.63. The molecule has 0 radical (unpaired) electrons. The van der Waals surface area contributed by atoms with Crippen LogP contribution in [0.1, 0.15) is 131 Å². The van der Waals surface area contributed by atoms with Crippen LogP contribution < -0.4 is 32.9 Å². The van der Waals surface area contributed by atoms with Crippen molar-refractivity contribution in [2.24, 2.45) is 52.3 Å². The Hall–Kier alpha value is -1.43. The minimum atomic E-state index is -1.87. The van der Waals surface area contributed by atoms with Gasteiger partial charge in [0.05, 0.1) is 5.66 Å². The molecule has 0 heterocycles. The van der Waals surface area contributed by atoms with Crippen LogP contribution in [0, 0.1) is 52.3 Å². The SMILES string of the molecule is CCCc1cccc([P+](c2ccccc2)(c2ccccc2)C2CC[C@@]3(C)C(CCC4C3CC[C@@]3(C)C4CC[C@@H]3[C@H](C)CCCC(C)C)C2)c1.[Br-]. The molecular formula is C48H68BrP. The third-order valence-corrected chi connectivity index (χ3v) is 20.5. The first kappa shape index (κ1) is 38.3. The van der Waals surface area contributed by atoms with Crippen molar-refractivity contribution in [3.63, 3.8) is 0 Å². The van der Waals surface area contributed by atoms with E-state index in [1.807, 2.05) is 0 Å². The summed E-state index contributed by atoms with van der Waals surface area (Å²) in [6.07, 6.45) is 19.9. The predicted molar refractivity (Wildman–Crippen MR) is 216 cm³/mol. The molecule has 3 aromatic carbocycles. The van der Waals surface area contributed by atoms with Gasteiger partial charge in [-0.05, 0) is 158 Å². The number of rotatable bonds is 11. The molecule has 0 N–H and O–H groups in total. The third kappa shape index (κ3) is 6.76. The Balaban J connectivity index is 0.00000432. The van der Waals surface area contributed by atoms with E-state index >= 15 is 0 Å². The zero-order chi connectivity index (χ0) is 34.2. The van der Waals surface area contributed by atoms with Gasteiger partial charge < -0.3 is 17.0 Å². The van der Waals surface area contributed by atoms with Crippen molar-refractivity contribution in [3.05, 3.63) is 90.5 Å². The molecular weight excluding hydrogens is 687 g/mol. The van der Waals surface area contributed by atoms with Crippen molar-refractivity contribution in [2.75, 3.05) is 0 Å². The minimum Gasteiger partial charge on any atom is -1.00 e. The predicted octanol–water partition coefficient (Wildman–Crippen LogP) is 9.43. The summed E-state index contributed by atoms with van der Waals surface area (Å²) < 4.78 is 0. The number of fused-ring (bicyclic) bond motifs is 5. The van der Waals surface area contributed by atoms with E-state index in [0.717, 1.165) is 41.4 Å². The first-order chi connectivity index (χ1) is 23.7. The Morgan fingerprint density at radius 3 is 1.98 bits per heavy atom. The lowest BCUT2D eigenvalue weighted by molar-refractivity contribution is -0.113. The number of aryl methyl sites for hydroxylation is 1. The smallest absolute Gasteiger partial charge is 0.115 e. The summed E-state index contributed by atoms with van der Waals surface area (Å²) in [4.78, 5) is 0. The molecule has 50 heavy (non-hydrogen) atoms. The van der Waals surface area contributed by atoms with E-state index < -0.39 is 7.26 Å². The Morgan fingerprint density at radius 2 is 1.32 bits per heavy atom. The highest BCUT2D eigenvalue weighted by Crippen LogP contribution is 2.72. The highest BCUT2D eigenvalue weighted by molar-refractivity contribution is 7.96. The van der Waals surface area contributed by atoms with Crippen LogP contribution >= 0.6 is 7.26 Å². The second-order valence-electron chi connectivity index (χ2n) is 18.4. The fourth-order valence-electron chi connectivity index (χ4n) is 13.2. The van der Waals surface area contributed by atoms with Crippen LogP contribution in [-0.4, -0.2) is 5.66 Å². The fourth-order valence-corrected chi connectivity index (χ4v) is 18.5. The van der Waals surface area contributed by atoms with Crippen LogP contribution in [-0.2, 0) is 6.42 Å². The molecule has 0 amide bonds. The van der Waals surface area contributed by atoms with Crippen molar-refractivity contribution < 1.29 is 17.0 Å². The summed E-state index contributed by atoms with van der Waals surface area (Å²) in [7, 11) is -1.87. The monoisotopic (exact) mass is 754 g/mol. The van der Waals surface area contributed by atoms with Gasteiger partial charge in [0, 0.05) is 0 Å². The number of halogens is 1. The van der Waals surface area contributed by atoms with Crippen LogP contribution in [0.3, 0.4) is 0 Å².